The molecule has 1 fully saturated rings. The average molecular weight is 360 g/mol. The summed E-state index contributed by atoms with van der Waals surface area (Å²) in [5.41, 5.74) is 12.0. The fourth-order valence-corrected chi connectivity index (χ4v) is 3.15. The third kappa shape index (κ3) is 4.44. The van der Waals surface area contributed by atoms with Gasteiger partial charge in [0.25, 0.3) is 5.91 Å². The van der Waals surface area contributed by atoms with Gasteiger partial charge < -0.3 is 22.1 Å². The van der Waals surface area contributed by atoms with Crippen LogP contribution in [0.5, 0.6) is 0 Å². The van der Waals surface area contributed by atoms with Crippen molar-refractivity contribution in [2.75, 3.05) is 10.6 Å². The summed E-state index contributed by atoms with van der Waals surface area (Å²) < 4.78 is 4.18. The lowest BCUT2D eigenvalue weighted by molar-refractivity contribution is -0.118. The van der Waals surface area contributed by atoms with Gasteiger partial charge in [0.15, 0.2) is 0 Å². The number of carbonyl (C=O) groups is 2. The number of primary amides is 2. The summed E-state index contributed by atoms with van der Waals surface area (Å²) >= 11 is 1.26. The van der Waals surface area contributed by atoms with Crippen molar-refractivity contribution in [3.63, 3.8) is 0 Å². The normalized spacial score (nSPS) is 14.8. The number of nitrogens with zero attached hydrogens (tertiary/aromatic N) is 2. The molecule has 9 heteroatoms. The second-order valence-corrected chi connectivity index (χ2v) is 7.00. The Balaban J connectivity index is 1.83. The van der Waals surface area contributed by atoms with Gasteiger partial charge in [-0.25, -0.2) is 4.98 Å². The van der Waals surface area contributed by atoms with E-state index in [0.717, 1.165) is 23.5 Å². The van der Waals surface area contributed by atoms with Crippen molar-refractivity contribution < 1.29 is 9.59 Å². The summed E-state index contributed by atoms with van der Waals surface area (Å²) in [5.74, 6) is 0.300. The number of nitrogens with one attached hydrogen (secondary N) is 2. The highest BCUT2D eigenvalue weighted by Gasteiger charge is 2.28. The Bertz CT molecular complexity index is 802. The maximum absolute atomic E-state index is 11.7. The number of amides is 2. The van der Waals surface area contributed by atoms with Crippen LogP contribution in [0, 0.1) is 12.8 Å². The van der Waals surface area contributed by atoms with Crippen LogP contribution in [0.15, 0.2) is 18.2 Å². The van der Waals surface area contributed by atoms with Crippen molar-refractivity contribution in [3.05, 3.63) is 29.5 Å². The van der Waals surface area contributed by atoms with E-state index < -0.39 is 17.9 Å². The first-order chi connectivity index (χ1) is 11.9. The molecule has 1 aliphatic carbocycles. The maximum Gasteiger partial charge on any atom is 0.252 e. The van der Waals surface area contributed by atoms with E-state index >= 15 is 0 Å². The van der Waals surface area contributed by atoms with Gasteiger partial charge in [-0.1, -0.05) is 12.8 Å². The molecule has 8 nitrogen and oxygen atoms in total. The lowest BCUT2D eigenvalue weighted by atomic mass is 10.1. The van der Waals surface area contributed by atoms with Crippen LogP contribution in [0.25, 0.3) is 0 Å². The van der Waals surface area contributed by atoms with E-state index in [4.69, 9.17) is 11.5 Å². The molecule has 132 valence electrons. The second-order valence-electron chi connectivity index (χ2n) is 6.19. The second kappa shape index (κ2) is 7.06. The molecule has 25 heavy (non-hydrogen) atoms. The number of anilines is 3. The smallest absolute Gasteiger partial charge is 0.252 e. The molecule has 2 aromatic heterocycles. The lowest BCUT2D eigenvalue weighted by Gasteiger charge is -2.17. The zero-order valence-electron chi connectivity index (χ0n) is 13.8. The standard InChI is InChI=1S/C16H20N6O2S/c1-8-6-13(25-22-8)21-16-10(14(17)23)4-5-12(20-16)19-11(15(18)24)7-9-2-3-9/h4-6,9,11H,2-3,7H2,1H3,(H2,17,23)(H2,18,24)(H2,19,20,21)/t11-/m1/s1. The quantitative estimate of drug-likeness (QED) is 0.566. The number of aromatic nitrogens is 2. The van der Waals surface area contributed by atoms with Gasteiger partial charge >= 0.3 is 0 Å². The topological polar surface area (TPSA) is 136 Å². The number of hydrogen-bond donors (Lipinski definition) is 4. The van der Waals surface area contributed by atoms with Gasteiger partial charge in [-0.3, -0.25) is 9.59 Å². The molecule has 0 saturated heterocycles. The highest BCUT2D eigenvalue weighted by Crippen LogP contribution is 2.34. The molecule has 6 N–H and O–H groups in total. The minimum Gasteiger partial charge on any atom is -0.368 e. The highest BCUT2D eigenvalue weighted by molar-refractivity contribution is 7.10. The number of nitrogens with two attached hydrogens (primary N) is 2. The summed E-state index contributed by atoms with van der Waals surface area (Å²) in [4.78, 5) is 27.7. The molecular weight excluding hydrogens is 340 g/mol. The molecule has 1 aliphatic rings. The molecule has 0 spiro atoms. The van der Waals surface area contributed by atoms with Gasteiger partial charge in [-0.15, -0.1) is 0 Å². The van der Waals surface area contributed by atoms with Crippen molar-refractivity contribution in [2.24, 2.45) is 17.4 Å². The highest BCUT2D eigenvalue weighted by atomic mass is 32.1. The summed E-state index contributed by atoms with van der Waals surface area (Å²) in [7, 11) is 0. The maximum atomic E-state index is 11.7. The summed E-state index contributed by atoms with van der Waals surface area (Å²) in [6.45, 7) is 1.87. The molecule has 0 bridgehead atoms. The molecule has 0 radical (unpaired) electrons. The van der Waals surface area contributed by atoms with Crippen LogP contribution < -0.4 is 22.1 Å². The number of hydrogen-bond acceptors (Lipinski definition) is 7. The molecular formula is C16H20N6O2S. The fraction of sp³-hybridized carbons (Fsp3) is 0.375. The van der Waals surface area contributed by atoms with Crippen LogP contribution in [0.1, 0.15) is 35.3 Å². The molecule has 1 saturated carbocycles. The number of carbonyl (C=O) groups excluding carboxylic acids is 2. The van der Waals surface area contributed by atoms with Gasteiger partial charge in [0.05, 0.1) is 11.3 Å². The first-order valence-electron chi connectivity index (χ1n) is 7.99. The van der Waals surface area contributed by atoms with Gasteiger partial charge in [-0.05, 0) is 49.0 Å². The first-order valence-corrected chi connectivity index (χ1v) is 8.76. The zero-order chi connectivity index (χ0) is 18.0. The summed E-state index contributed by atoms with van der Waals surface area (Å²) in [5, 5.41) is 6.86. The minimum atomic E-state index is -0.591. The van der Waals surface area contributed by atoms with Gasteiger partial charge in [0.1, 0.15) is 22.7 Å². The van der Waals surface area contributed by atoms with Gasteiger partial charge in [0, 0.05) is 0 Å². The predicted molar refractivity (Wildman–Crippen MR) is 96.8 cm³/mol. The van der Waals surface area contributed by atoms with E-state index in [-0.39, 0.29) is 5.56 Å². The van der Waals surface area contributed by atoms with Crippen molar-refractivity contribution >= 4 is 40.0 Å². The van der Waals surface area contributed by atoms with Crippen LogP contribution in [0.3, 0.4) is 0 Å². The summed E-state index contributed by atoms with van der Waals surface area (Å²) in [6, 6.07) is 4.55. The van der Waals surface area contributed by atoms with Crippen molar-refractivity contribution in [1.82, 2.24) is 9.36 Å². The van der Waals surface area contributed by atoms with Crippen LogP contribution >= 0.6 is 11.5 Å². The molecule has 2 heterocycles. The SMILES string of the molecule is Cc1cc(Nc2nc(N[C@H](CC3CC3)C(N)=O)ccc2C(N)=O)sn1. The number of aryl methyl sites for hydroxylation is 1. The number of rotatable bonds is 8. The molecule has 0 unspecified atom stereocenters. The third-order valence-corrected chi connectivity index (χ3v) is 4.76. The summed E-state index contributed by atoms with van der Waals surface area (Å²) in [6.07, 6.45) is 2.93. The Hall–Kier alpha value is -2.68. The monoisotopic (exact) mass is 360 g/mol. The zero-order valence-corrected chi connectivity index (χ0v) is 14.6. The van der Waals surface area contributed by atoms with Crippen LogP contribution in [-0.4, -0.2) is 27.2 Å². The van der Waals surface area contributed by atoms with E-state index in [2.05, 4.69) is 20.0 Å². The Kier molecular flexibility index (Phi) is 4.84. The van der Waals surface area contributed by atoms with Gasteiger partial charge in [0.2, 0.25) is 5.91 Å². The third-order valence-electron chi connectivity index (χ3n) is 3.96. The molecule has 0 aliphatic heterocycles. The van der Waals surface area contributed by atoms with Crippen molar-refractivity contribution in [2.45, 2.75) is 32.2 Å². The van der Waals surface area contributed by atoms with E-state index in [1.807, 2.05) is 13.0 Å². The largest absolute Gasteiger partial charge is 0.368 e. The Morgan fingerprint density at radius 3 is 2.68 bits per heavy atom. The van der Waals surface area contributed by atoms with E-state index in [1.165, 1.54) is 11.5 Å². The molecule has 2 amide bonds. The minimum absolute atomic E-state index is 0.259. The first kappa shape index (κ1) is 17.2. The van der Waals surface area contributed by atoms with Crippen LogP contribution in [-0.2, 0) is 4.79 Å². The van der Waals surface area contributed by atoms with Crippen LogP contribution in [0.2, 0.25) is 0 Å². The Morgan fingerprint density at radius 1 is 1.36 bits per heavy atom. The van der Waals surface area contributed by atoms with Crippen molar-refractivity contribution in [1.29, 1.82) is 0 Å². The number of pyridine rings is 1. The van der Waals surface area contributed by atoms with Gasteiger partial charge in [-0.2, -0.15) is 4.37 Å². The Morgan fingerprint density at radius 2 is 2.12 bits per heavy atom. The van der Waals surface area contributed by atoms with E-state index in [9.17, 15) is 9.59 Å². The predicted octanol–water partition coefficient (Wildman–Crippen LogP) is 1.75. The van der Waals surface area contributed by atoms with E-state index in [1.54, 1.807) is 12.1 Å². The van der Waals surface area contributed by atoms with Crippen LogP contribution in [0.4, 0.5) is 16.6 Å². The molecule has 1 atom stereocenters. The lowest BCUT2D eigenvalue weighted by Crippen LogP contribution is -2.36. The molecule has 0 aromatic carbocycles. The molecule has 2 aromatic rings. The van der Waals surface area contributed by atoms with E-state index in [0.29, 0.717) is 24.0 Å². The molecule has 3 rings (SSSR count). The Labute approximate surface area is 149 Å². The fourth-order valence-electron chi connectivity index (χ4n) is 2.48. The van der Waals surface area contributed by atoms with Crippen molar-refractivity contribution in [3.8, 4) is 0 Å². The average Bonchev–Trinajstić information content (AvgIpc) is 3.27.